The van der Waals surface area contributed by atoms with E-state index in [1.807, 2.05) is 42.5 Å². The maximum atomic E-state index is 13.0. The third-order valence-corrected chi connectivity index (χ3v) is 5.45. The number of hydrogen-bond donors (Lipinski definition) is 2. The normalized spacial score (nSPS) is 16.3. The van der Waals surface area contributed by atoms with E-state index in [0.29, 0.717) is 22.1 Å². The first-order valence-electron chi connectivity index (χ1n) is 8.53. The Morgan fingerprint density at radius 2 is 1.93 bits per heavy atom. The van der Waals surface area contributed by atoms with Gasteiger partial charge in [0.15, 0.2) is 5.11 Å². The smallest absolute Gasteiger partial charge is 0.338 e. The summed E-state index contributed by atoms with van der Waals surface area (Å²) in [5, 5.41) is 6.73. The molecule has 1 unspecified atom stereocenters. The van der Waals surface area contributed by atoms with E-state index in [-0.39, 0.29) is 6.61 Å². The molecule has 2 N–H and O–H groups in total. The lowest BCUT2D eigenvalue weighted by Crippen LogP contribution is -2.45. The second-order valence-electron chi connectivity index (χ2n) is 5.92. The minimum atomic E-state index is -0.549. The molecule has 0 bridgehead atoms. The predicted octanol–water partition coefficient (Wildman–Crippen LogP) is 4.71. The van der Waals surface area contributed by atoms with Gasteiger partial charge in [-0.1, -0.05) is 46.3 Å². The molecule has 1 heterocycles. The van der Waals surface area contributed by atoms with Gasteiger partial charge in [-0.3, -0.25) is 0 Å². The highest BCUT2D eigenvalue weighted by Gasteiger charge is 2.35. The van der Waals surface area contributed by atoms with Gasteiger partial charge in [-0.05, 0) is 52.8 Å². The Morgan fingerprint density at radius 3 is 2.57 bits per heavy atom. The standard InChI is InChI=1S/C20H18Br2N2O3S/c1-3-27-19(25)15-16(11-7-5-4-6-8-11)23-20(28)24-17(15)13-9-12(21)10-14(22)18(13)26-2/h4-10,17H,3H2,1-2H3,(H2,23,24,28). The fraction of sp³-hybridized carbons (Fsp3) is 0.200. The summed E-state index contributed by atoms with van der Waals surface area (Å²) < 4.78 is 12.6. The number of rotatable bonds is 5. The summed E-state index contributed by atoms with van der Waals surface area (Å²) >= 11 is 12.5. The Morgan fingerprint density at radius 1 is 1.21 bits per heavy atom. The molecular formula is C20H18Br2N2O3S. The van der Waals surface area contributed by atoms with Gasteiger partial charge in [-0.25, -0.2) is 4.79 Å². The second-order valence-corrected chi connectivity index (χ2v) is 8.09. The lowest BCUT2D eigenvalue weighted by Gasteiger charge is -2.32. The number of thiocarbonyl (C=S) groups is 1. The number of halogens is 2. The minimum Gasteiger partial charge on any atom is -0.495 e. The van der Waals surface area contributed by atoms with Gasteiger partial charge in [0.1, 0.15) is 5.75 Å². The quantitative estimate of drug-likeness (QED) is 0.435. The average molecular weight is 526 g/mol. The molecule has 2 aromatic carbocycles. The molecule has 3 rings (SSSR count). The van der Waals surface area contributed by atoms with Gasteiger partial charge in [0.2, 0.25) is 0 Å². The molecule has 0 radical (unpaired) electrons. The Labute approximate surface area is 185 Å². The van der Waals surface area contributed by atoms with Crippen LogP contribution < -0.4 is 15.4 Å². The van der Waals surface area contributed by atoms with E-state index >= 15 is 0 Å². The molecule has 0 saturated carbocycles. The highest BCUT2D eigenvalue weighted by atomic mass is 79.9. The van der Waals surface area contributed by atoms with Crippen LogP contribution in [0.25, 0.3) is 5.70 Å². The van der Waals surface area contributed by atoms with E-state index in [9.17, 15) is 4.79 Å². The van der Waals surface area contributed by atoms with Crippen LogP contribution in [0.1, 0.15) is 24.1 Å². The van der Waals surface area contributed by atoms with E-state index in [0.717, 1.165) is 20.1 Å². The molecule has 0 fully saturated rings. The van der Waals surface area contributed by atoms with Crippen LogP contribution in [0.2, 0.25) is 0 Å². The zero-order valence-electron chi connectivity index (χ0n) is 15.2. The SMILES string of the molecule is CCOC(=O)C1=C(c2ccccc2)NC(=S)NC1c1cc(Br)cc(Br)c1OC. The van der Waals surface area contributed by atoms with Gasteiger partial charge in [-0.15, -0.1) is 0 Å². The molecule has 146 valence electrons. The van der Waals surface area contributed by atoms with Crippen molar-refractivity contribution in [2.75, 3.05) is 13.7 Å². The first-order chi connectivity index (χ1) is 13.5. The monoisotopic (exact) mass is 524 g/mol. The van der Waals surface area contributed by atoms with E-state index in [1.54, 1.807) is 14.0 Å². The molecular weight excluding hydrogens is 508 g/mol. The molecule has 0 amide bonds. The number of nitrogens with one attached hydrogen (secondary N) is 2. The minimum absolute atomic E-state index is 0.265. The molecule has 1 atom stereocenters. The first kappa shape index (κ1) is 20.8. The number of methoxy groups -OCH3 is 1. The average Bonchev–Trinajstić information content (AvgIpc) is 2.67. The van der Waals surface area contributed by atoms with Gasteiger partial charge in [0.25, 0.3) is 0 Å². The number of ether oxygens (including phenoxy) is 2. The zero-order chi connectivity index (χ0) is 20.3. The van der Waals surface area contributed by atoms with Gasteiger partial charge >= 0.3 is 5.97 Å². The summed E-state index contributed by atoms with van der Waals surface area (Å²) in [6.45, 7) is 2.04. The maximum Gasteiger partial charge on any atom is 0.338 e. The molecule has 0 aliphatic carbocycles. The highest BCUT2D eigenvalue weighted by Crippen LogP contribution is 2.41. The summed E-state index contributed by atoms with van der Waals surface area (Å²) in [6, 6.07) is 12.8. The molecule has 0 saturated heterocycles. The van der Waals surface area contributed by atoms with E-state index in [2.05, 4.69) is 42.5 Å². The summed E-state index contributed by atoms with van der Waals surface area (Å²) in [4.78, 5) is 13.0. The highest BCUT2D eigenvalue weighted by molar-refractivity contribution is 9.11. The topological polar surface area (TPSA) is 59.6 Å². The number of carbonyl (C=O) groups excluding carboxylic acids is 1. The summed E-state index contributed by atoms with van der Waals surface area (Å²) in [7, 11) is 1.59. The van der Waals surface area contributed by atoms with E-state index in [4.69, 9.17) is 21.7 Å². The van der Waals surface area contributed by atoms with Crippen molar-refractivity contribution >= 4 is 60.9 Å². The lowest BCUT2D eigenvalue weighted by atomic mass is 9.92. The van der Waals surface area contributed by atoms with Crippen molar-refractivity contribution in [2.24, 2.45) is 0 Å². The molecule has 0 aromatic heterocycles. The fourth-order valence-corrected chi connectivity index (χ4v) is 4.71. The van der Waals surface area contributed by atoms with Gasteiger partial charge in [0, 0.05) is 10.0 Å². The van der Waals surface area contributed by atoms with Crippen LogP contribution in [0.15, 0.2) is 57.0 Å². The third-order valence-electron chi connectivity index (χ3n) is 4.18. The van der Waals surface area contributed by atoms with Crippen molar-refractivity contribution in [3.8, 4) is 5.75 Å². The summed E-state index contributed by atoms with van der Waals surface area (Å²) in [6.07, 6.45) is 0. The molecule has 1 aliphatic heterocycles. The zero-order valence-corrected chi connectivity index (χ0v) is 19.2. The summed E-state index contributed by atoms with van der Waals surface area (Å²) in [5.74, 6) is 0.187. The van der Waals surface area contributed by atoms with Crippen molar-refractivity contribution < 1.29 is 14.3 Å². The van der Waals surface area contributed by atoms with Gasteiger partial charge in [-0.2, -0.15) is 0 Å². The number of esters is 1. The van der Waals surface area contributed by atoms with Crippen molar-refractivity contribution in [1.82, 2.24) is 10.6 Å². The number of hydrogen-bond acceptors (Lipinski definition) is 4. The van der Waals surface area contributed by atoms with Crippen LogP contribution >= 0.6 is 44.1 Å². The fourth-order valence-electron chi connectivity index (χ4n) is 3.07. The van der Waals surface area contributed by atoms with Crippen LogP contribution in [0.5, 0.6) is 5.75 Å². The van der Waals surface area contributed by atoms with Crippen molar-refractivity contribution in [3.63, 3.8) is 0 Å². The van der Waals surface area contributed by atoms with Crippen LogP contribution in [-0.2, 0) is 9.53 Å². The molecule has 1 aliphatic rings. The van der Waals surface area contributed by atoms with E-state index < -0.39 is 12.0 Å². The molecule has 2 aromatic rings. The maximum absolute atomic E-state index is 13.0. The Balaban J connectivity index is 2.27. The number of carbonyl (C=O) groups is 1. The van der Waals surface area contributed by atoms with Crippen LogP contribution in [0.4, 0.5) is 0 Å². The Kier molecular flexibility index (Phi) is 6.74. The lowest BCUT2D eigenvalue weighted by molar-refractivity contribution is -0.138. The molecule has 5 nitrogen and oxygen atoms in total. The van der Waals surface area contributed by atoms with E-state index in [1.165, 1.54) is 0 Å². The number of benzene rings is 2. The van der Waals surface area contributed by atoms with Gasteiger partial charge < -0.3 is 20.1 Å². The van der Waals surface area contributed by atoms with Crippen molar-refractivity contribution in [1.29, 1.82) is 0 Å². The van der Waals surface area contributed by atoms with Crippen LogP contribution in [0.3, 0.4) is 0 Å². The van der Waals surface area contributed by atoms with Crippen molar-refractivity contribution in [2.45, 2.75) is 13.0 Å². The Hall–Kier alpha value is -1.90. The molecule has 28 heavy (non-hydrogen) atoms. The van der Waals surface area contributed by atoms with Crippen LogP contribution in [-0.4, -0.2) is 24.8 Å². The third kappa shape index (κ3) is 4.24. The largest absolute Gasteiger partial charge is 0.495 e. The molecule has 0 spiro atoms. The second kappa shape index (κ2) is 9.07. The van der Waals surface area contributed by atoms with Crippen LogP contribution in [0, 0.1) is 0 Å². The predicted molar refractivity (Wildman–Crippen MR) is 120 cm³/mol. The van der Waals surface area contributed by atoms with Crippen molar-refractivity contribution in [3.05, 3.63) is 68.1 Å². The first-order valence-corrected chi connectivity index (χ1v) is 10.5. The Bertz CT molecular complexity index is 948. The molecule has 8 heteroatoms. The van der Waals surface area contributed by atoms with Gasteiger partial charge in [0.05, 0.1) is 35.5 Å². The summed E-state index contributed by atoms with van der Waals surface area (Å²) in [5.41, 5.74) is 2.65.